The first-order chi connectivity index (χ1) is 5.72. The molecule has 1 aliphatic rings. The average molecular weight is 168 g/mol. The summed E-state index contributed by atoms with van der Waals surface area (Å²) < 4.78 is 0. The number of ketones is 2. The minimum absolute atomic E-state index is 0.357. The molecule has 12 heavy (non-hydrogen) atoms. The van der Waals surface area contributed by atoms with Crippen molar-refractivity contribution in [3.8, 4) is 0 Å². The lowest BCUT2D eigenvalue weighted by Crippen LogP contribution is -2.61. The fraction of sp³-hybridized carbons (Fsp3) is 0.625. The van der Waals surface area contributed by atoms with E-state index in [0.29, 0.717) is 18.8 Å². The zero-order valence-corrected chi connectivity index (χ0v) is 7.26. The smallest absolute Gasteiger partial charge is 0.246 e. The molecule has 1 atom stereocenters. The Hall–Kier alpha value is -1.03. The molecule has 0 unspecified atom stereocenters. The van der Waals surface area contributed by atoms with Crippen LogP contribution in [0, 0.1) is 0 Å². The van der Waals surface area contributed by atoms with Gasteiger partial charge in [-0.05, 0) is 13.5 Å². The standard InChI is InChI=1S/C8H12N2O2/c1-3-9-5-6(10-4-2)8(12)7(5)11/h5,9H,3-4H2,1-2H3/t5-/m1/s1. The molecule has 0 aromatic carbocycles. The molecule has 0 aliphatic heterocycles. The van der Waals surface area contributed by atoms with Gasteiger partial charge in [0.2, 0.25) is 11.6 Å². The average Bonchev–Trinajstić information content (AvgIpc) is 2.10. The fourth-order valence-corrected chi connectivity index (χ4v) is 1.16. The largest absolute Gasteiger partial charge is 0.302 e. The summed E-state index contributed by atoms with van der Waals surface area (Å²) in [6.45, 7) is 4.95. The van der Waals surface area contributed by atoms with Gasteiger partial charge < -0.3 is 5.32 Å². The highest BCUT2D eigenvalue weighted by molar-refractivity contribution is 6.80. The number of hydrogen-bond donors (Lipinski definition) is 1. The number of carbonyl (C=O) groups excluding carboxylic acids is 2. The quantitative estimate of drug-likeness (QED) is 0.582. The molecule has 1 saturated carbocycles. The summed E-state index contributed by atoms with van der Waals surface area (Å²) >= 11 is 0. The Kier molecular flexibility index (Phi) is 2.70. The van der Waals surface area contributed by atoms with Crippen LogP contribution in [0.1, 0.15) is 13.8 Å². The van der Waals surface area contributed by atoms with Crippen molar-refractivity contribution in [1.29, 1.82) is 0 Å². The third-order valence-electron chi connectivity index (χ3n) is 1.73. The number of aliphatic imine (C=N–C) groups is 1. The van der Waals surface area contributed by atoms with Gasteiger partial charge in [-0.25, -0.2) is 0 Å². The van der Waals surface area contributed by atoms with Crippen LogP contribution in [0.15, 0.2) is 4.99 Å². The zero-order valence-electron chi connectivity index (χ0n) is 7.26. The SMILES string of the molecule is CCN=C1C(=O)C(=O)[C@@H]1NCC. The van der Waals surface area contributed by atoms with E-state index in [4.69, 9.17) is 0 Å². The molecule has 66 valence electrons. The van der Waals surface area contributed by atoms with Gasteiger partial charge in [0.25, 0.3) is 0 Å². The Morgan fingerprint density at radius 2 is 2.08 bits per heavy atom. The highest BCUT2D eigenvalue weighted by Crippen LogP contribution is 2.07. The molecule has 1 rings (SSSR count). The molecule has 4 nitrogen and oxygen atoms in total. The molecule has 0 saturated heterocycles. The number of hydrogen-bond acceptors (Lipinski definition) is 4. The summed E-state index contributed by atoms with van der Waals surface area (Å²) in [6, 6.07) is -0.428. The van der Waals surface area contributed by atoms with Crippen LogP contribution in [0.25, 0.3) is 0 Å². The zero-order chi connectivity index (χ0) is 9.14. The number of nitrogens with zero attached hydrogens (tertiary/aromatic N) is 1. The van der Waals surface area contributed by atoms with Gasteiger partial charge in [-0.15, -0.1) is 0 Å². The minimum atomic E-state index is -0.428. The van der Waals surface area contributed by atoms with Crippen LogP contribution < -0.4 is 5.32 Å². The molecular weight excluding hydrogens is 156 g/mol. The van der Waals surface area contributed by atoms with E-state index in [1.165, 1.54) is 0 Å². The Morgan fingerprint density at radius 1 is 1.42 bits per heavy atom. The Balaban J connectivity index is 2.68. The first-order valence-corrected chi connectivity index (χ1v) is 4.08. The second-order valence-electron chi connectivity index (χ2n) is 2.54. The summed E-state index contributed by atoms with van der Waals surface area (Å²) in [5, 5.41) is 2.90. The third-order valence-corrected chi connectivity index (χ3v) is 1.73. The molecule has 0 radical (unpaired) electrons. The molecule has 1 N–H and O–H groups in total. The molecule has 1 aliphatic carbocycles. The first-order valence-electron chi connectivity index (χ1n) is 4.08. The second kappa shape index (κ2) is 3.58. The summed E-state index contributed by atoms with van der Waals surface area (Å²) in [4.78, 5) is 25.8. The summed E-state index contributed by atoms with van der Waals surface area (Å²) in [6.07, 6.45) is 0. The maximum Gasteiger partial charge on any atom is 0.246 e. The molecule has 0 bridgehead atoms. The van der Waals surface area contributed by atoms with Crippen LogP contribution in [-0.2, 0) is 9.59 Å². The lowest BCUT2D eigenvalue weighted by Gasteiger charge is -2.25. The summed E-state index contributed by atoms with van der Waals surface area (Å²) in [7, 11) is 0. The number of Topliss-reactive ketones (excluding diaryl/α,β-unsaturated/α-hetero) is 2. The number of rotatable bonds is 3. The van der Waals surface area contributed by atoms with Crippen molar-refractivity contribution in [1.82, 2.24) is 5.32 Å². The lowest BCUT2D eigenvalue weighted by molar-refractivity contribution is -0.136. The van der Waals surface area contributed by atoms with E-state index < -0.39 is 11.8 Å². The second-order valence-corrected chi connectivity index (χ2v) is 2.54. The van der Waals surface area contributed by atoms with Gasteiger partial charge in [0, 0.05) is 6.54 Å². The van der Waals surface area contributed by atoms with E-state index >= 15 is 0 Å². The molecule has 0 aromatic heterocycles. The van der Waals surface area contributed by atoms with E-state index in [1.807, 2.05) is 13.8 Å². The van der Waals surface area contributed by atoms with Gasteiger partial charge in [-0.1, -0.05) is 6.92 Å². The number of likely N-dealkylation sites (N-methyl/N-ethyl adjacent to an activating group) is 1. The summed E-state index contributed by atoms with van der Waals surface area (Å²) in [5.41, 5.74) is 0.393. The highest BCUT2D eigenvalue weighted by Gasteiger charge is 2.44. The van der Waals surface area contributed by atoms with E-state index in [0.717, 1.165) is 0 Å². The van der Waals surface area contributed by atoms with E-state index in [2.05, 4.69) is 10.3 Å². The molecule has 0 amide bonds. The van der Waals surface area contributed by atoms with Crippen LogP contribution >= 0.6 is 0 Å². The highest BCUT2D eigenvalue weighted by atomic mass is 16.2. The molecule has 0 aromatic rings. The van der Waals surface area contributed by atoms with Crippen LogP contribution in [-0.4, -0.2) is 36.4 Å². The van der Waals surface area contributed by atoms with Crippen LogP contribution in [0.5, 0.6) is 0 Å². The van der Waals surface area contributed by atoms with Crippen LogP contribution in [0.2, 0.25) is 0 Å². The van der Waals surface area contributed by atoms with Crippen LogP contribution in [0.3, 0.4) is 0 Å². The van der Waals surface area contributed by atoms with Gasteiger partial charge in [0.1, 0.15) is 11.8 Å². The normalized spacial score (nSPS) is 26.2. The van der Waals surface area contributed by atoms with E-state index in [9.17, 15) is 9.59 Å². The van der Waals surface area contributed by atoms with Crippen molar-refractivity contribution in [2.24, 2.45) is 4.99 Å². The first kappa shape index (κ1) is 9.06. The van der Waals surface area contributed by atoms with Crippen molar-refractivity contribution in [2.75, 3.05) is 13.1 Å². The maximum absolute atomic E-state index is 10.9. The molecular formula is C8H12N2O2. The van der Waals surface area contributed by atoms with Gasteiger partial charge >= 0.3 is 0 Å². The van der Waals surface area contributed by atoms with Crippen LogP contribution in [0.4, 0.5) is 0 Å². The number of nitrogens with one attached hydrogen (secondary N) is 1. The number of carbonyl (C=O) groups is 2. The van der Waals surface area contributed by atoms with Crippen molar-refractivity contribution < 1.29 is 9.59 Å². The monoisotopic (exact) mass is 168 g/mol. The predicted molar refractivity (Wildman–Crippen MR) is 45.5 cm³/mol. The molecule has 1 fully saturated rings. The molecule has 0 heterocycles. The maximum atomic E-state index is 10.9. The van der Waals surface area contributed by atoms with Crippen molar-refractivity contribution in [3.63, 3.8) is 0 Å². The Labute approximate surface area is 71.1 Å². The van der Waals surface area contributed by atoms with Crippen molar-refractivity contribution in [3.05, 3.63) is 0 Å². The van der Waals surface area contributed by atoms with Gasteiger partial charge in [-0.2, -0.15) is 0 Å². The Bertz CT molecular complexity index is 245. The lowest BCUT2D eigenvalue weighted by atomic mass is 9.86. The molecule has 0 spiro atoms. The molecule has 4 heteroatoms. The van der Waals surface area contributed by atoms with Crippen molar-refractivity contribution >= 4 is 17.3 Å². The Morgan fingerprint density at radius 3 is 2.58 bits per heavy atom. The van der Waals surface area contributed by atoms with Gasteiger partial charge in [0.15, 0.2) is 0 Å². The summed E-state index contributed by atoms with van der Waals surface area (Å²) in [5.74, 6) is -0.785. The van der Waals surface area contributed by atoms with Gasteiger partial charge in [0.05, 0.1) is 0 Å². The van der Waals surface area contributed by atoms with E-state index in [-0.39, 0.29) is 5.78 Å². The van der Waals surface area contributed by atoms with Crippen molar-refractivity contribution in [2.45, 2.75) is 19.9 Å². The third kappa shape index (κ3) is 1.30. The predicted octanol–water partition coefficient (Wildman–Crippen LogP) is -0.423. The fourth-order valence-electron chi connectivity index (χ4n) is 1.16. The topological polar surface area (TPSA) is 58.5 Å². The van der Waals surface area contributed by atoms with Gasteiger partial charge in [-0.3, -0.25) is 14.6 Å². The minimum Gasteiger partial charge on any atom is -0.302 e. The van der Waals surface area contributed by atoms with E-state index in [1.54, 1.807) is 0 Å².